The van der Waals surface area contributed by atoms with Gasteiger partial charge in [0.15, 0.2) is 0 Å². The average Bonchev–Trinajstić information content (AvgIpc) is 2.08. The fourth-order valence-corrected chi connectivity index (χ4v) is 1.51. The van der Waals surface area contributed by atoms with E-state index in [4.69, 9.17) is 0 Å². The third-order valence-electron chi connectivity index (χ3n) is 2.67. The van der Waals surface area contributed by atoms with Crippen LogP contribution in [0.5, 0.6) is 0 Å². The van der Waals surface area contributed by atoms with Gasteiger partial charge >= 0.3 is 0 Å². The summed E-state index contributed by atoms with van der Waals surface area (Å²) >= 11 is 0. The third-order valence-corrected chi connectivity index (χ3v) is 2.67. The number of piperazine rings is 1. The molecule has 0 aromatic carbocycles. The van der Waals surface area contributed by atoms with E-state index in [1.165, 1.54) is 0 Å². The predicted octanol–water partition coefficient (Wildman–Crippen LogP) is -0.632. The second-order valence-electron chi connectivity index (χ2n) is 3.74. The van der Waals surface area contributed by atoms with Gasteiger partial charge < -0.3 is 10.2 Å². The fraction of sp³-hybridized carbons (Fsp3) is 0.889. The van der Waals surface area contributed by atoms with Crippen LogP contribution < -0.4 is 5.32 Å². The van der Waals surface area contributed by atoms with E-state index in [-0.39, 0.29) is 5.91 Å². The molecule has 1 N–H and O–H groups in total. The molecule has 0 aromatic rings. The van der Waals surface area contributed by atoms with Gasteiger partial charge in [0.05, 0.1) is 0 Å². The molecule has 1 heterocycles. The monoisotopic (exact) mass is 185 g/mol. The lowest BCUT2D eigenvalue weighted by Gasteiger charge is -2.35. The van der Waals surface area contributed by atoms with Crippen LogP contribution in [0.4, 0.5) is 0 Å². The summed E-state index contributed by atoms with van der Waals surface area (Å²) in [7, 11) is 3.96. The highest BCUT2D eigenvalue weighted by Gasteiger charge is 2.20. The average molecular weight is 185 g/mol. The van der Waals surface area contributed by atoms with Crippen LogP contribution in [0.3, 0.4) is 0 Å². The van der Waals surface area contributed by atoms with Crippen LogP contribution in [0.1, 0.15) is 6.92 Å². The SMILES string of the molecule is CC(=O)N(C)CC1CNCCN1C. The smallest absolute Gasteiger partial charge is 0.219 e. The maximum absolute atomic E-state index is 11.0. The summed E-state index contributed by atoms with van der Waals surface area (Å²) in [6.07, 6.45) is 0. The van der Waals surface area contributed by atoms with Gasteiger partial charge in [0.25, 0.3) is 0 Å². The van der Waals surface area contributed by atoms with Crippen LogP contribution >= 0.6 is 0 Å². The number of carbonyl (C=O) groups excluding carboxylic acids is 1. The molecular formula is C9H19N3O. The Morgan fingerprint density at radius 1 is 1.69 bits per heavy atom. The summed E-state index contributed by atoms with van der Waals surface area (Å²) in [6.45, 7) is 5.52. The highest BCUT2D eigenvalue weighted by Crippen LogP contribution is 2.01. The van der Waals surface area contributed by atoms with E-state index in [0.717, 1.165) is 26.2 Å². The lowest BCUT2D eigenvalue weighted by molar-refractivity contribution is -0.128. The molecule has 13 heavy (non-hydrogen) atoms. The van der Waals surface area contributed by atoms with E-state index in [9.17, 15) is 4.79 Å². The van der Waals surface area contributed by atoms with E-state index >= 15 is 0 Å². The first-order valence-electron chi connectivity index (χ1n) is 4.74. The Labute approximate surface area is 79.9 Å². The maximum Gasteiger partial charge on any atom is 0.219 e. The lowest BCUT2D eigenvalue weighted by atomic mass is 10.2. The molecular weight excluding hydrogens is 166 g/mol. The Kier molecular flexibility index (Phi) is 3.69. The van der Waals surface area contributed by atoms with Gasteiger partial charge in [0, 0.05) is 46.2 Å². The van der Waals surface area contributed by atoms with Crippen LogP contribution in [-0.4, -0.2) is 62.0 Å². The van der Waals surface area contributed by atoms with Gasteiger partial charge in [-0.15, -0.1) is 0 Å². The van der Waals surface area contributed by atoms with Crippen LogP contribution in [0.2, 0.25) is 0 Å². The molecule has 1 rings (SSSR count). The Balaban J connectivity index is 2.37. The second-order valence-corrected chi connectivity index (χ2v) is 3.74. The van der Waals surface area contributed by atoms with Crippen molar-refractivity contribution >= 4 is 5.91 Å². The number of likely N-dealkylation sites (N-methyl/N-ethyl adjacent to an activating group) is 2. The van der Waals surface area contributed by atoms with E-state index in [2.05, 4.69) is 17.3 Å². The van der Waals surface area contributed by atoms with Crippen molar-refractivity contribution in [3.63, 3.8) is 0 Å². The van der Waals surface area contributed by atoms with E-state index < -0.39 is 0 Å². The van der Waals surface area contributed by atoms with Gasteiger partial charge in [-0.05, 0) is 7.05 Å². The summed E-state index contributed by atoms with van der Waals surface area (Å²) in [5, 5.41) is 3.33. The van der Waals surface area contributed by atoms with Crippen molar-refractivity contribution < 1.29 is 4.79 Å². The molecule has 4 nitrogen and oxygen atoms in total. The molecule has 0 radical (unpaired) electrons. The first-order chi connectivity index (χ1) is 6.11. The molecule has 1 atom stereocenters. The number of amides is 1. The van der Waals surface area contributed by atoms with Gasteiger partial charge in [-0.25, -0.2) is 0 Å². The van der Waals surface area contributed by atoms with Crippen LogP contribution in [0, 0.1) is 0 Å². The van der Waals surface area contributed by atoms with Gasteiger partial charge in [0.1, 0.15) is 0 Å². The number of hydrogen-bond donors (Lipinski definition) is 1. The molecule has 0 bridgehead atoms. The molecule has 0 spiro atoms. The molecule has 1 aliphatic heterocycles. The highest BCUT2D eigenvalue weighted by molar-refractivity contribution is 5.72. The molecule has 1 amide bonds. The third kappa shape index (κ3) is 2.97. The van der Waals surface area contributed by atoms with Gasteiger partial charge in [0.2, 0.25) is 5.91 Å². The summed E-state index contributed by atoms with van der Waals surface area (Å²) in [5.74, 6) is 0.138. The molecule has 4 heteroatoms. The molecule has 1 fully saturated rings. The van der Waals surface area contributed by atoms with E-state index in [1.54, 1.807) is 11.8 Å². The van der Waals surface area contributed by atoms with Crippen molar-refractivity contribution in [2.45, 2.75) is 13.0 Å². The molecule has 0 aromatic heterocycles. The number of nitrogens with zero attached hydrogens (tertiary/aromatic N) is 2. The highest BCUT2D eigenvalue weighted by atomic mass is 16.2. The second kappa shape index (κ2) is 4.58. The van der Waals surface area contributed by atoms with Crippen molar-refractivity contribution in [1.29, 1.82) is 0 Å². The standard InChI is InChI=1S/C9H19N3O/c1-8(13)12(3)7-9-6-10-4-5-11(9)2/h9-10H,4-7H2,1-3H3. The zero-order chi connectivity index (χ0) is 9.84. The lowest BCUT2D eigenvalue weighted by Crippen LogP contribution is -2.54. The van der Waals surface area contributed by atoms with Crippen molar-refractivity contribution in [2.24, 2.45) is 0 Å². The predicted molar refractivity (Wildman–Crippen MR) is 52.6 cm³/mol. The Hall–Kier alpha value is -0.610. The maximum atomic E-state index is 11.0. The molecule has 76 valence electrons. The normalized spacial score (nSPS) is 24.4. The van der Waals surface area contributed by atoms with Crippen LogP contribution in [0.15, 0.2) is 0 Å². The molecule has 0 aliphatic carbocycles. The van der Waals surface area contributed by atoms with Gasteiger partial charge in [-0.1, -0.05) is 0 Å². The summed E-state index contributed by atoms with van der Waals surface area (Å²) in [6, 6.07) is 0.461. The summed E-state index contributed by atoms with van der Waals surface area (Å²) in [5.41, 5.74) is 0. The summed E-state index contributed by atoms with van der Waals surface area (Å²) < 4.78 is 0. The molecule has 0 saturated carbocycles. The Morgan fingerprint density at radius 2 is 2.38 bits per heavy atom. The van der Waals surface area contributed by atoms with E-state index in [0.29, 0.717) is 6.04 Å². The number of hydrogen-bond acceptors (Lipinski definition) is 3. The quantitative estimate of drug-likeness (QED) is 0.622. The van der Waals surface area contributed by atoms with Crippen molar-refractivity contribution in [3.8, 4) is 0 Å². The van der Waals surface area contributed by atoms with Crippen molar-refractivity contribution in [2.75, 3.05) is 40.3 Å². The van der Waals surface area contributed by atoms with Crippen molar-refractivity contribution in [3.05, 3.63) is 0 Å². The first-order valence-corrected chi connectivity index (χ1v) is 4.74. The van der Waals surface area contributed by atoms with Gasteiger partial charge in [-0.3, -0.25) is 9.69 Å². The first kappa shape index (κ1) is 10.5. The summed E-state index contributed by atoms with van der Waals surface area (Å²) in [4.78, 5) is 15.1. The minimum atomic E-state index is 0.138. The molecule has 1 aliphatic rings. The largest absolute Gasteiger partial charge is 0.344 e. The fourth-order valence-electron chi connectivity index (χ4n) is 1.51. The Bertz CT molecular complexity index is 184. The molecule has 1 unspecified atom stereocenters. The van der Waals surface area contributed by atoms with Crippen molar-refractivity contribution in [1.82, 2.24) is 15.1 Å². The van der Waals surface area contributed by atoms with E-state index in [1.807, 2.05) is 7.05 Å². The minimum Gasteiger partial charge on any atom is -0.344 e. The van der Waals surface area contributed by atoms with Crippen LogP contribution in [-0.2, 0) is 4.79 Å². The zero-order valence-electron chi connectivity index (χ0n) is 8.71. The Morgan fingerprint density at radius 3 is 2.92 bits per heavy atom. The van der Waals surface area contributed by atoms with Crippen LogP contribution in [0.25, 0.3) is 0 Å². The number of nitrogens with one attached hydrogen (secondary N) is 1. The number of carbonyl (C=O) groups is 1. The molecule has 1 saturated heterocycles. The zero-order valence-corrected chi connectivity index (χ0v) is 8.71. The minimum absolute atomic E-state index is 0.138. The van der Waals surface area contributed by atoms with Gasteiger partial charge in [-0.2, -0.15) is 0 Å². The number of rotatable bonds is 2. The topological polar surface area (TPSA) is 35.6 Å².